The van der Waals surface area contributed by atoms with E-state index in [0.29, 0.717) is 32.0 Å². The predicted molar refractivity (Wildman–Crippen MR) is 127 cm³/mol. The number of halogens is 1. The fourth-order valence-electron chi connectivity index (χ4n) is 2.26. The van der Waals surface area contributed by atoms with E-state index >= 15 is 0 Å². The molecule has 0 fully saturated rings. The molecular weight excluding hydrogens is 491 g/mol. The van der Waals surface area contributed by atoms with E-state index in [2.05, 4.69) is 46.3 Å². The molecule has 0 saturated heterocycles. The average molecular weight is 526 g/mol. The highest BCUT2D eigenvalue weighted by Gasteiger charge is 2.08. The van der Waals surface area contributed by atoms with Crippen LogP contribution < -0.4 is 20.1 Å². The molecule has 0 amide bonds. The topological polar surface area (TPSA) is 91.8 Å². The van der Waals surface area contributed by atoms with Crippen molar-refractivity contribution in [1.29, 1.82) is 0 Å². The molecule has 0 bridgehead atoms. The lowest BCUT2D eigenvalue weighted by molar-refractivity contribution is 0.215. The summed E-state index contributed by atoms with van der Waals surface area (Å²) in [6, 6.07) is 6.16. The molecule has 0 aliphatic carbocycles. The molecule has 1 unspecified atom stereocenters. The molecular formula is C19H35IN4O3S. The number of aliphatic imine (C=N–C) groups is 1. The van der Waals surface area contributed by atoms with Crippen molar-refractivity contribution in [3.8, 4) is 5.75 Å². The SMILES string of the molecule is CCNC(=NCc1ccc(C)cc1OC(C)CC)NCCCNS(C)(=O)=O.I. The van der Waals surface area contributed by atoms with Crippen LogP contribution in [0, 0.1) is 6.92 Å². The van der Waals surface area contributed by atoms with E-state index in [-0.39, 0.29) is 30.1 Å². The summed E-state index contributed by atoms with van der Waals surface area (Å²) in [6.45, 7) is 10.5. The second kappa shape index (κ2) is 14.0. The van der Waals surface area contributed by atoms with E-state index in [1.165, 1.54) is 0 Å². The smallest absolute Gasteiger partial charge is 0.208 e. The van der Waals surface area contributed by atoms with Crippen molar-refractivity contribution in [3.05, 3.63) is 29.3 Å². The van der Waals surface area contributed by atoms with Crippen molar-refractivity contribution in [2.24, 2.45) is 4.99 Å². The van der Waals surface area contributed by atoms with Crippen LogP contribution in [0.2, 0.25) is 0 Å². The van der Waals surface area contributed by atoms with Crippen LogP contribution in [0.3, 0.4) is 0 Å². The van der Waals surface area contributed by atoms with Gasteiger partial charge in [0.15, 0.2) is 5.96 Å². The van der Waals surface area contributed by atoms with Gasteiger partial charge in [-0.05, 0) is 45.2 Å². The van der Waals surface area contributed by atoms with Gasteiger partial charge < -0.3 is 15.4 Å². The number of ether oxygens (including phenoxy) is 1. The Balaban J connectivity index is 0.00000729. The number of rotatable bonds is 11. The number of nitrogens with zero attached hydrogens (tertiary/aromatic N) is 1. The Morgan fingerprint density at radius 2 is 1.93 bits per heavy atom. The lowest BCUT2D eigenvalue weighted by atomic mass is 10.1. The second-order valence-corrected chi connectivity index (χ2v) is 8.42. The van der Waals surface area contributed by atoms with Crippen LogP contribution in [0.1, 0.15) is 44.7 Å². The van der Waals surface area contributed by atoms with E-state index in [9.17, 15) is 8.42 Å². The second-order valence-electron chi connectivity index (χ2n) is 6.59. The molecule has 1 aromatic carbocycles. The zero-order valence-corrected chi connectivity index (χ0v) is 20.7. The standard InChI is InChI=1S/C19H34N4O3S.HI/c1-6-16(4)26-18-13-15(3)9-10-17(18)14-22-19(20-7-2)21-11-8-12-23-27(5,24)25;/h9-10,13,16,23H,6-8,11-12,14H2,1-5H3,(H2,20,21,22);1H. The number of sulfonamides is 1. The number of benzene rings is 1. The van der Waals surface area contributed by atoms with Gasteiger partial charge in [-0.3, -0.25) is 0 Å². The van der Waals surface area contributed by atoms with Gasteiger partial charge in [0.05, 0.1) is 18.9 Å². The Morgan fingerprint density at radius 1 is 1.21 bits per heavy atom. The molecule has 0 heterocycles. The fraction of sp³-hybridized carbons (Fsp3) is 0.632. The summed E-state index contributed by atoms with van der Waals surface area (Å²) >= 11 is 0. The molecule has 0 radical (unpaired) electrons. The molecule has 0 aliphatic rings. The lowest BCUT2D eigenvalue weighted by Crippen LogP contribution is -2.38. The number of guanidine groups is 1. The first-order valence-electron chi connectivity index (χ1n) is 9.48. The summed E-state index contributed by atoms with van der Waals surface area (Å²) in [5.74, 6) is 1.58. The normalized spacial score (nSPS) is 12.8. The molecule has 0 aliphatic heterocycles. The molecule has 0 spiro atoms. The molecule has 3 N–H and O–H groups in total. The largest absolute Gasteiger partial charge is 0.490 e. The Hall–Kier alpha value is -1.07. The van der Waals surface area contributed by atoms with Gasteiger partial charge in [0.1, 0.15) is 5.75 Å². The molecule has 1 aromatic rings. The van der Waals surface area contributed by atoms with Crippen molar-refractivity contribution in [1.82, 2.24) is 15.4 Å². The van der Waals surface area contributed by atoms with Gasteiger partial charge in [-0.2, -0.15) is 0 Å². The third-order valence-corrected chi connectivity index (χ3v) is 4.62. The van der Waals surface area contributed by atoms with Crippen LogP contribution in [-0.4, -0.2) is 46.4 Å². The van der Waals surface area contributed by atoms with Crippen LogP contribution in [0.25, 0.3) is 0 Å². The summed E-state index contributed by atoms with van der Waals surface area (Å²) in [7, 11) is -3.14. The number of nitrogens with one attached hydrogen (secondary N) is 3. The summed E-state index contributed by atoms with van der Waals surface area (Å²) < 4.78 is 30.6. The summed E-state index contributed by atoms with van der Waals surface area (Å²) in [4.78, 5) is 4.63. The van der Waals surface area contributed by atoms with Crippen molar-refractivity contribution in [2.75, 3.05) is 25.9 Å². The first-order chi connectivity index (χ1) is 12.7. The van der Waals surface area contributed by atoms with E-state index in [1.807, 2.05) is 19.9 Å². The number of aryl methyl sites for hydroxylation is 1. The van der Waals surface area contributed by atoms with Crippen LogP contribution in [-0.2, 0) is 16.6 Å². The van der Waals surface area contributed by atoms with Gasteiger partial charge in [-0.1, -0.05) is 19.1 Å². The molecule has 0 saturated carbocycles. The zero-order chi connectivity index (χ0) is 20.3. The van der Waals surface area contributed by atoms with Crippen LogP contribution >= 0.6 is 24.0 Å². The molecule has 0 aromatic heterocycles. The summed E-state index contributed by atoms with van der Waals surface area (Å²) in [5, 5.41) is 6.43. The first-order valence-corrected chi connectivity index (χ1v) is 11.4. The molecule has 162 valence electrons. The molecule has 1 rings (SSSR count). The highest BCUT2D eigenvalue weighted by molar-refractivity contribution is 14.0. The zero-order valence-electron chi connectivity index (χ0n) is 17.5. The monoisotopic (exact) mass is 526 g/mol. The van der Waals surface area contributed by atoms with Gasteiger partial charge in [0, 0.05) is 25.2 Å². The highest BCUT2D eigenvalue weighted by Crippen LogP contribution is 2.23. The van der Waals surface area contributed by atoms with Crippen LogP contribution in [0.4, 0.5) is 0 Å². The fourth-order valence-corrected chi connectivity index (χ4v) is 2.78. The van der Waals surface area contributed by atoms with Crippen molar-refractivity contribution in [3.63, 3.8) is 0 Å². The highest BCUT2D eigenvalue weighted by atomic mass is 127. The van der Waals surface area contributed by atoms with E-state index in [4.69, 9.17) is 4.74 Å². The van der Waals surface area contributed by atoms with Gasteiger partial charge in [0.25, 0.3) is 0 Å². The van der Waals surface area contributed by atoms with E-state index < -0.39 is 10.0 Å². The van der Waals surface area contributed by atoms with Gasteiger partial charge in [-0.15, -0.1) is 24.0 Å². The minimum Gasteiger partial charge on any atom is -0.490 e. The Bertz CT molecular complexity index is 711. The predicted octanol–water partition coefficient (Wildman–Crippen LogP) is 2.78. The maximum atomic E-state index is 11.1. The lowest BCUT2D eigenvalue weighted by Gasteiger charge is -2.17. The molecule has 28 heavy (non-hydrogen) atoms. The van der Waals surface area contributed by atoms with Crippen LogP contribution in [0.5, 0.6) is 5.75 Å². The molecule has 7 nitrogen and oxygen atoms in total. The Morgan fingerprint density at radius 3 is 2.54 bits per heavy atom. The minimum absolute atomic E-state index is 0. The molecule has 1 atom stereocenters. The summed E-state index contributed by atoms with van der Waals surface area (Å²) in [6.07, 6.45) is 2.93. The van der Waals surface area contributed by atoms with Gasteiger partial charge >= 0.3 is 0 Å². The van der Waals surface area contributed by atoms with Gasteiger partial charge in [0.2, 0.25) is 10.0 Å². The van der Waals surface area contributed by atoms with E-state index in [1.54, 1.807) is 0 Å². The third kappa shape index (κ3) is 11.7. The maximum Gasteiger partial charge on any atom is 0.208 e. The average Bonchev–Trinajstić information content (AvgIpc) is 2.59. The third-order valence-electron chi connectivity index (χ3n) is 3.89. The summed E-state index contributed by atoms with van der Waals surface area (Å²) in [5.41, 5.74) is 2.20. The maximum absolute atomic E-state index is 11.1. The van der Waals surface area contributed by atoms with Crippen molar-refractivity contribution < 1.29 is 13.2 Å². The van der Waals surface area contributed by atoms with Crippen LogP contribution in [0.15, 0.2) is 23.2 Å². The van der Waals surface area contributed by atoms with Crippen molar-refractivity contribution in [2.45, 2.75) is 53.2 Å². The minimum atomic E-state index is -3.14. The number of hydrogen-bond acceptors (Lipinski definition) is 4. The van der Waals surface area contributed by atoms with Crippen molar-refractivity contribution >= 4 is 40.0 Å². The van der Waals surface area contributed by atoms with Gasteiger partial charge in [-0.25, -0.2) is 18.1 Å². The number of hydrogen-bond donors (Lipinski definition) is 3. The Labute approximate surface area is 187 Å². The first kappa shape index (κ1) is 26.9. The van der Waals surface area contributed by atoms with E-state index in [0.717, 1.165) is 36.1 Å². The Kier molecular flexibility index (Phi) is 13.5. The molecule has 9 heteroatoms. The quantitative estimate of drug-likeness (QED) is 0.179.